The molecule has 0 aliphatic carbocycles. The van der Waals surface area contributed by atoms with Crippen LogP contribution in [0.15, 0.2) is 42.5 Å². The zero-order chi connectivity index (χ0) is 24.1. The molecule has 0 saturated heterocycles. The third kappa shape index (κ3) is 4.08. The van der Waals surface area contributed by atoms with E-state index in [-0.39, 0.29) is 21.8 Å². The van der Waals surface area contributed by atoms with Gasteiger partial charge in [-0.1, -0.05) is 0 Å². The molecule has 0 aliphatic rings. The quantitative estimate of drug-likeness (QED) is 0.323. The van der Waals surface area contributed by atoms with Crippen molar-refractivity contribution in [1.29, 1.82) is 0 Å². The van der Waals surface area contributed by atoms with Crippen LogP contribution in [0, 0.1) is 29.1 Å². The van der Waals surface area contributed by atoms with Gasteiger partial charge in [0.1, 0.15) is 11.5 Å². The summed E-state index contributed by atoms with van der Waals surface area (Å²) in [5, 5.41) is 5.01. The number of rotatable bonds is 3. The van der Waals surface area contributed by atoms with Gasteiger partial charge in [-0.15, -0.1) is 0 Å². The van der Waals surface area contributed by atoms with Crippen molar-refractivity contribution in [3.05, 3.63) is 82.9 Å². The van der Waals surface area contributed by atoms with E-state index in [1.54, 1.807) is 5.32 Å². The standard InChI is InChI=1S/C20H8F8N4O/c21-9-3-1-8(2-4-9)12-6-14(20(26,27)28)32-15(29-12)7-13(31-32)19(33)30-18-16(24)10(22)5-11(23)17(18)25/h1-7H,(H,30,33). The van der Waals surface area contributed by atoms with E-state index in [4.69, 9.17) is 0 Å². The molecule has 33 heavy (non-hydrogen) atoms. The van der Waals surface area contributed by atoms with Crippen molar-refractivity contribution in [2.75, 3.05) is 5.32 Å². The fourth-order valence-corrected chi connectivity index (χ4v) is 2.92. The van der Waals surface area contributed by atoms with Crippen LogP contribution in [0.1, 0.15) is 16.2 Å². The third-order valence-electron chi connectivity index (χ3n) is 4.44. The lowest BCUT2D eigenvalue weighted by atomic mass is 10.1. The number of benzene rings is 2. The van der Waals surface area contributed by atoms with E-state index >= 15 is 0 Å². The number of nitrogens with one attached hydrogen (secondary N) is 1. The van der Waals surface area contributed by atoms with E-state index in [1.165, 1.54) is 12.1 Å². The van der Waals surface area contributed by atoms with Gasteiger partial charge in [0, 0.05) is 17.7 Å². The molecule has 4 aromatic rings. The van der Waals surface area contributed by atoms with Crippen LogP contribution in [0.5, 0.6) is 0 Å². The molecule has 170 valence electrons. The van der Waals surface area contributed by atoms with Gasteiger partial charge in [-0.05, 0) is 30.3 Å². The summed E-state index contributed by atoms with van der Waals surface area (Å²) in [6, 6.07) is 5.67. The minimum Gasteiger partial charge on any atom is -0.315 e. The second kappa shape index (κ2) is 7.83. The van der Waals surface area contributed by atoms with Crippen LogP contribution in [0.25, 0.3) is 16.9 Å². The number of hydrogen-bond acceptors (Lipinski definition) is 3. The van der Waals surface area contributed by atoms with Crippen LogP contribution in [-0.2, 0) is 6.18 Å². The number of fused-ring (bicyclic) bond motifs is 1. The van der Waals surface area contributed by atoms with Crippen molar-refractivity contribution in [3.8, 4) is 11.3 Å². The van der Waals surface area contributed by atoms with Gasteiger partial charge in [0.05, 0.1) is 5.69 Å². The molecule has 1 amide bonds. The Kier molecular flexibility index (Phi) is 5.26. The highest BCUT2D eigenvalue weighted by Gasteiger charge is 2.36. The van der Waals surface area contributed by atoms with Gasteiger partial charge in [-0.3, -0.25) is 4.79 Å². The second-order valence-electron chi connectivity index (χ2n) is 6.63. The summed E-state index contributed by atoms with van der Waals surface area (Å²) in [5.41, 5.74) is -4.22. The molecule has 0 bridgehead atoms. The first-order chi connectivity index (χ1) is 15.5. The van der Waals surface area contributed by atoms with Crippen LogP contribution in [0.3, 0.4) is 0 Å². The maximum absolute atomic E-state index is 13.8. The van der Waals surface area contributed by atoms with E-state index in [1.807, 2.05) is 0 Å². The van der Waals surface area contributed by atoms with E-state index in [0.717, 1.165) is 18.2 Å². The SMILES string of the molecule is O=C(Nc1c(F)c(F)cc(F)c1F)c1cc2nc(-c3ccc(F)cc3)cc(C(F)(F)F)n2n1. The molecular formula is C20H8F8N4O. The predicted molar refractivity (Wildman–Crippen MR) is 97.6 cm³/mol. The zero-order valence-corrected chi connectivity index (χ0v) is 15.8. The summed E-state index contributed by atoms with van der Waals surface area (Å²) < 4.78 is 108. The van der Waals surface area contributed by atoms with Crippen molar-refractivity contribution in [2.24, 2.45) is 0 Å². The minimum atomic E-state index is -4.97. The Morgan fingerprint density at radius 1 is 0.879 bits per heavy atom. The summed E-state index contributed by atoms with van der Waals surface area (Å²) in [4.78, 5) is 16.3. The Bertz CT molecular complexity index is 1370. The number of amides is 1. The number of anilines is 1. The molecule has 1 N–H and O–H groups in total. The van der Waals surface area contributed by atoms with Crippen molar-refractivity contribution in [3.63, 3.8) is 0 Å². The number of alkyl halides is 3. The Morgan fingerprint density at radius 2 is 1.48 bits per heavy atom. The van der Waals surface area contributed by atoms with Gasteiger partial charge >= 0.3 is 6.18 Å². The zero-order valence-electron chi connectivity index (χ0n) is 15.8. The van der Waals surface area contributed by atoms with E-state index < -0.39 is 63.9 Å². The fourth-order valence-electron chi connectivity index (χ4n) is 2.92. The largest absolute Gasteiger partial charge is 0.433 e. The Balaban J connectivity index is 1.81. The Hall–Kier alpha value is -4.03. The molecule has 0 radical (unpaired) electrons. The van der Waals surface area contributed by atoms with Crippen LogP contribution < -0.4 is 5.32 Å². The molecule has 4 rings (SSSR count). The van der Waals surface area contributed by atoms with Gasteiger partial charge in [-0.2, -0.15) is 18.3 Å². The predicted octanol–water partition coefficient (Wildman–Crippen LogP) is 5.36. The monoisotopic (exact) mass is 472 g/mol. The Labute approximate surface area is 178 Å². The van der Waals surface area contributed by atoms with Gasteiger partial charge in [0.15, 0.2) is 40.3 Å². The smallest absolute Gasteiger partial charge is 0.315 e. The van der Waals surface area contributed by atoms with Crippen LogP contribution in [0.4, 0.5) is 40.8 Å². The first-order valence-corrected chi connectivity index (χ1v) is 8.84. The lowest BCUT2D eigenvalue weighted by Gasteiger charge is -2.11. The maximum atomic E-state index is 13.8. The normalized spacial score (nSPS) is 11.8. The van der Waals surface area contributed by atoms with E-state index in [0.29, 0.717) is 6.07 Å². The van der Waals surface area contributed by atoms with Gasteiger partial charge < -0.3 is 5.32 Å². The average molecular weight is 472 g/mol. The van der Waals surface area contributed by atoms with E-state index in [2.05, 4.69) is 10.1 Å². The molecule has 0 fully saturated rings. The molecule has 2 aromatic heterocycles. The maximum Gasteiger partial charge on any atom is 0.433 e. The van der Waals surface area contributed by atoms with Crippen molar-refractivity contribution >= 4 is 17.2 Å². The summed E-state index contributed by atoms with van der Waals surface area (Å²) in [6.07, 6.45) is -4.97. The molecule has 2 heterocycles. The molecule has 5 nitrogen and oxygen atoms in total. The molecule has 0 spiro atoms. The highest BCUT2D eigenvalue weighted by atomic mass is 19.4. The number of aromatic nitrogens is 3. The van der Waals surface area contributed by atoms with Crippen molar-refractivity contribution in [2.45, 2.75) is 6.18 Å². The highest BCUT2D eigenvalue weighted by molar-refractivity contribution is 6.03. The van der Waals surface area contributed by atoms with Crippen molar-refractivity contribution in [1.82, 2.24) is 14.6 Å². The lowest BCUT2D eigenvalue weighted by molar-refractivity contribution is -0.142. The van der Waals surface area contributed by atoms with Crippen molar-refractivity contribution < 1.29 is 39.9 Å². The number of nitrogens with zero attached hydrogens (tertiary/aromatic N) is 3. The molecule has 0 aliphatic heterocycles. The second-order valence-corrected chi connectivity index (χ2v) is 6.63. The summed E-state index contributed by atoms with van der Waals surface area (Å²) in [5.74, 6) is -9.53. The van der Waals surface area contributed by atoms with Gasteiger partial charge in [-0.25, -0.2) is 31.5 Å². The number of halogens is 8. The first-order valence-electron chi connectivity index (χ1n) is 8.84. The fraction of sp³-hybridized carbons (Fsp3) is 0.0500. The third-order valence-corrected chi connectivity index (χ3v) is 4.44. The first kappa shape index (κ1) is 22.2. The lowest BCUT2D eigenvalue weighted by Crippen LogP contribution is -2.17. The number of carbonyl (C=O) groups excluding carboxylic acids is 1. The van der Waals surface area contributed by atoms with Gasteiger partial charge in [0.25, 0.3) is 5.91 Å². The number of hydrogen-bond donors (Lipinski definition) is 1. The average Bonchev–Trinajstić information content (AvgIpc) is 3.18. The van der Waals surface area contributed by atoms with Crippen LogP contribution in [0.2, 0.25) is 0 Å². The summed E-state index contributed by atoms with van der Waals surface area (Å²) in [7, 11) is 0. The van der Waals surface area contributed by atoms with Gasteiger partial charge in [0.2, 0.25) is 0 Å². The molecule has 0 unspecified atom stereocenters. The molecule has 0 saturated carbocycles. The van der Waals surface area contributed by atoms with Crippen LogP contribution >= 0.6 is 0 Å². The topological polar surface area (TPSA) is 59.3 Å². The molecular weight excluding hydrogens is 464 g/mol. The summed E-state index contributed by atoms with van der Waals surface area (Å²) >= 11 is 0. The van der Waals surface area contributed by atoms with E-state index in [9.17, 15) is 39.9 Å². The molecule has 0 atom stereocenters. The number of carbonyl (C=O) groups is 1. The molecule has 2 aromatic carbocycles. The minimum absolute atomic E-state index is 0.0816. The highest BCUT2D eigenvalue weighted by Crippen LogP contribution is 2.32. The van der Waals surface area contributed by atoms with Crippen LogP contribution in [-0.4, -0.2) is 20.5 Å². The molecule has 13 heteroatoms. The Morgan fingerprint density at radius 3 is 2.06 bits per heavy atom. The summed E-state index contributed by atoms with van der Waals surface area (Å²) in [6.45, 7) is 0.